The zero-order valence-electron chi connectivity index (χ0n) is 10.5. The van der Waals surface area contributed by atoms with Crippen molar-refractivity contribution in [2.45, 2.75) is 25.9 Å². The van der Waals surface area contributed by atoms with Gasteiger partial charge < -0.3 is 15.4 Å². The molecule has 0 saturated carbocycles. The van der Waals surface area contributed by atoms with Crippen LogP contribution in [0.2, 0.25) is 0 Å². The molecule has 1 amide bonds. The number of nitrogens with two attached hydrogens (primary N) is 1. The van der Waals surface area contributed by atoms with Crippen LogP contribution in [0.4, 0.5) is 5.69 Å². The molecule has 98 valence electrons. The highest BCUT2D eigenvalue weighted by atomic mass is 127. The van der Waals surface area contributed by atoms with Crippen molar-refractivity contribution in [2.24, 2.45) is 0 Å². The van der Waals surface area contributed by atoms with Crippen molar-refractivity contribution in [1.29, 1.82) is 0 Å². The summed E-state index contributed by atoms with van der Waals surface area (Å²) in [6.07, 6.45) is 0. The number of carbonyl (C=O) groups excluding carboxylic acids is 1. The van der Waals surface area contributed by atoms with Crippen LogP contribution in [0.1, 0.15) is 24.2 Å². The first kappa shape index (κ1) is 13.6. The molecule has 0 aliphatic carbocycles. The summed E-state index contributed by atoms with van der Waals surface area (Å²) in [5.74, 6) is -0.00722. The van der Waals surface area contributed by atoms with E-state index in [0.717, 1.165) is 3.57 Å². The quantitative estimate of drug-likeness (QED) is 0.617. The van der Waals surface area contributed by atoms with Crippen LogP contribution < -0.4 is 5.73 Å². The van der Waals surface area contributed by atoms with Crippen LogP contribution in [0, 0.1) is 3.57 Å². The normalized spacial score (nSPS) is 24.1. The molecule has 0 aromatic heterocycles. The minimum Gasteiger partial charge on any atom is -0.398 e. The number of amides is 1. The number of ether oxygens (including phenoxy) is 1. The third kappa shape index (κ3) is 2.61. The first-order chi connectivity index (χ1) is 8.50. The van der Waals surface area contributed by atoms with E-state index in [1.807, 2.05) is 30.9 Å². The van der Waals surface area contributed by atoms with Gasteiger partial charge >= 0.3 is 0 Å². The van der Waals surface area contributed by atoms with Crippen LogP contribution in [-0.4, -0.2) is 36.1 Å². The van der Waals surface area contributed by atoms with Gasteiger partial charge in [-0.1, -0.05) is 0 Å². The Morgan fingerprint density at radius 2 is 2.00 bits per heavy atom. The summed E-state index contributed by atoms with van der Waals surface area (Å²) in [6.45, 7) is 5.16. The van der Waals surface area contributed by atoms with Gasteiger partial charge in [0.25, 0.3) is 5.91 Å². The maximum atomic E-state index is 12.5. The average Bonchev–Trinajstić information content (AvgIpc) is 2.28. The number of nitrogen functional groups attached to an aromatic ring is 1. The third-order valence-corrected chi connectivity index (χ3v) is 3.82. The number of morpholine rings is 1. The van der Waals surface area contributed by atoms with E-state index in [1.54, 1.807) is 6.07 Å². The van der Waals surface area contributed by atoms with Gasteiger partial charge in [-0.05, 0) is 54.6 Å². The molecule has 5 heteroatoms. The van der Waals surface area contributed by atoms with Gasteiger partial charge in [-0.25, -0.2) is 0 Å². The van der Waals surface area contributed by atoms with Gasteiger partial charge in [-0.3, -0.25) is 4.79 Å². The number of halogens is 1. The molecule has 1 aromatic rings. The van der Waals surface area contributed by atoms with Gasteiger partial charge in [0, 0.05) is 9.26 Å². The van der Waals surface area contributed by atoms with Crippen LogP contribution in [0.15, 0.2) is 18.2 Å². The van der Waals surface area contributed by atoms with Gasteiger partial charge in [0.15, 0.2) is 0 Å². The molecule has 0 spiro atoms. The van der Waals surface area contributed by atoms with E-state index >= 15 is 0 Å². The van der Waals surface area contributed by atoms with E-state index in [4.69, 9.17) is 10.5 Å². The highest BCUT2D eigenvalue weighted by Gasteiger charge is 2.31. The largest absolute Gasteiger partial charge is 0.398 e. The summed E-state index contributed by atoms with van der Waals surface area (Å²) in [5.41, 5.74) is 7.06. The van der Waals surface area contributed by atoms with E-state index < -0.39 is 0 Å². The zero-order valence-corrected chi connectivity index (χ0v) is 12.7. The van der Waals surface area contributed by atoms with E-state index in [-0.39, 0.29) is 18.0 Å². The zero-order chi connectivity index (χ0) is 13.3. The first-order valence-electron chi connectivity index (χ1n) is 5.96. The maximum Gasteiger partial charge on any atom is 0.256 e. The van der Waals surface area contributed by atoms with Crippen molar-refractivity contribution in [2.75, 3.05) is 18.9 Å². The molecular weight excluding hydrogens is 343 g/mol. The van der Waals surface area contributed by atoms with Crippen molar-refractivity contribution >= 4 is 34.2 Å². The standard InChI is InChI=1S/C13H17IN2O2/c1-8-6-18-7-9(2)16(8)13(17)11-4-3-10(14)5-12(11)15/h3-5,8-9H,6-7,15H2,1-2H3/t8-,9+. The second-order valence-electron chi connectivity index (χ2n) is 4.68. The van der Waals surface area contributed by atoms with Crippen LogP contribution >= 0.6 is 22.6 Å². The molecule has 4 nitrogen and oxygen atoms in total. The fourth-order valence-electron chi connectivity index (χ4n) is 2.27. The molecule has 1 aliphatic heterocycles. The second-order valence-corrected chi connectivity index (χ2v) is 5.93. The molecule has 0 bridgehead atoms. The summed E-state index contributed by atoms with van der Waals surface area (Å²) in [6, 6.07) is 5.69. The number of benzene rings is 1. The Hall–Kier alpha value is -0.820. The topological polar surface area (TPSA) is 55.6 Å². The van der Waals surface area contributed by atoms with Gasteiger partial charge in [-0.2, -0.15) is 0 Å². The molecule has 18 heavy (non-hydrogen) atoms. The lowest BCUT2D eigenvalue weighted by molar-refractivity contribution is -0.0249. The molecule has 2 N–H and O–H groups in total. The van der Waals surface area contributed by atoms with Crippen LogP contribution in [0.3, 0.4) is 0 Å². The second kappa shape index (κ2) is 5.44. The van der Waals surface area contributed by atoms with Crippen LogP contribution in [0.25, 0.3) is 0 Å². The molecule has 2 atom stereocenters. The van der Waals surface area contributed by atoms with Gasteiger partial charge in [0.2, 0.25) is 0 Å². The fraction of sp³-hybridized carbons (Fsp3) is 0.462. The van der Waals surface area contributed by atoms with E-state index in [9.17, 15) is 4.79 Å². The smallest absolute Gasteiger partial charge is 0.256 e. The monoisotopic (exact) mass is 360 g/mol. The van der Waals surface area contributed by atoms with E-state index in [0.29, 0.717) is 24.5 Å². The predicted octanol–water partition coefficient (Wildman–Crippen LogP) is 2.12. The molecule has 1 fully saturated rings. The Morgan fingerprint density at radius 1 is 1.39 bits per heavy atom. The Morgan fingerprint density at radius 3 is 2.56 bits per heavy atom. The summed E-state index contributed by atoms with van der Waals surface area (Å²) in [4.78, 5) is 14.4. The van der Waals surface area contributed by atoms with Crippen molar-refractivity contribution in [3.05, 3.63) is 27.3 Å². The number of rotatable bonds is 1. The number of carbonyl (C=O) groups is 1. The molecule has 0 radical (unpaired) electrons. The van der Waals surface area contributed by atoms with Crippen molar-refractivity contribution in [1.82, 2.24) is 4.90 Å². The highest BCUT2D eigenvalue weighted by molar-refractivity contribution is 14.1. The average molecular weight is 360 g/mol. The van der Waals surface area contributed by atoms with Gasteiger partial charge in [0.05, 0.1) is 30.9 Å². The molecule has 1 heterocycles. The highest BCUT2D eigenvalue weighted by Crippen LogP contribution is 2.22. The molecule has 1 saturated heterocycles. The number of hydrogen-bond acceptors (Lipinski definition) is 3. The van der Waals surface area contributed by atoms with E-state index in [2.05, 4.69) is 22.6 Å². The Bertz CT molecular complexity index is 454. The van der Waals surface area contributed by atoms with Gasteiger partial charge in [-0.15, -0.1) is 0 Å². The van der Waals surface area contributed by atoms with Gasteiger partial charge in [0.1, 0.15) is 0 Å². The predicted molar refractivity (Wildman–Crippen MR) is 79.5 cm³/mol. The minimum absolute atomic E-state index is 0.00722. The summed E-state index contributed by atoms with van der Waals surface area (Å²) in [7, 11) is 0. The van der Waals surface area contributed by atoms with Crippen molar-refractivity contribution in [3.8, 4) is 0 Å². The van der Waals surface area contributed by atoms with Crippen LogP contribution in [-0.2, 0) is 4.74 Å². The fourth-order valence-corrected chi connectivity index (χ4v) is 2.79. The molecule has 1 aliphatic rings. The summed E-state index contributed by atoms with van der Waals surface area (Å²) in [5, 5.41) is 0. The summed E-state index contributed by atoms with van der Waals surface area (Å²) >= 11 is 2.18. The Labute approximate surface area is 121 Å². The number of nitrogens with zero attached hydrogens (tertiary/aromatic N) is 1. The number of anilines is 1. The molecule has 2 rings (SSSR count). The SMILES string of the molecule is C[C@@H]1COC[C@H](C)N1C(=O)c1ccc(I)cc1N. The Balaban J connectivity index is 2.29. The molecular formula is C13H17IN2O2. The lowest BCUT2D eigenvalue weighted by atomic mass is 10.1. The first-order valence-corrected chi connectivity index (χ1v) is 7.04. The lowest BCUT2D eigenvalue weighted by Gasteiger charge is -2.39. The summed E-state index contributed by atoms with van der Waals surface area (Å²) < 4.78 is 6.47. The van der Waals surface area contributed by atoms with E-state index in [1.165, 1.54) is 0 Å². The maximum absolute atomic E-state index is 12.5. The molecule has 0 unspecified atom stereocenters. The Kier molecular flexibility index (Phi) is 4.11. The lowest BCUT2D eigenvalue weighted by Crippen LogP contribution is -2.52. The third-order valence-electron chi connectivity index (χ3n) is 3.15. The molecule has 1 aromatic carbocycles. The van der Waals surface area contributed by atoms with Crippen molar-refractivity contribution in [3.63, 3.8) is 0 Å². The van der Waals surface area contributed by atoms with Crippen molar-refractivity contribution < 1.29 is 9.53 Å². The van der Waals surface area contributed by atoms with Crippen LogP contribution in [0.5, 0.6) is 0 Å². The number of hydrogen-bond donors (Lipinski definition) is 1. The minimum atomic E-state index is -0.00722.